The van der Waals surface area contributed by atoms with Crippen LogP contribution in [0.2, 0.25) is 0 Å². The van der Waals surface area contributed by atoms with Crippen molar-refractivity contribution in [1.82, 2.24) is 4.90 Å². The Kier molecular flexibility index (Phi) is 5.23. The number of hydrogen-bond acceptors (Lipinski definition) is 3. The quantitative estimate of drug-likeness (QED) is 0.754. The van der Waals surface area contributed by atoms with Crippen LogP contribution < -0.4 is 0 Å². The fourth-order valence-corrected chi connectivity index (χ4v) is 3.88. The third-order valence-electron chi connectivity index (χ3n) is 4.37. The Labute approximate surface area is 140 Å². The molecular formula is C19H21NO2S. The van der Waals surface area contributed by atoms with Crippen LogP contribution in [0, 0.1) is 0 Å². The number of rotatable bonds is 6. The first-order valence-corrected chi connectivity index (χ1v) is 9.02. The molecule has 120 valence electrons. The molecule has 1 unspecified atom stereocenters. The lowest BCUT2D eigenvalue weighted by Crippen LogP contribution is -2.36. The summed E-state index contributed by atoms with van der Waals surface area (Å²) in [7, 11) is 0. The Morgan fingerprint density at radius 3 is 2.65 bits per heavy atom. The molecule has 1 saturated heterocycles. The molecule has 0 aliphatic carbocycles. The maximum absolute atomic E-state index is 12.5. The van der Waals surface area contributed by atoms with Gasteiger partial charge in [0.05, 0.1) is 4.88 Å². The lowest BCUT2D eigenvalue weighted by atomic mass is 10.0. The highest BCUT2D eigenvalue weighted by Gasteiger charge is 2.28. The molecule has 4 heteroatoms. The van der Waals surface area contributed by atoms with Crippen molar-refractivity contribution in [2.45, 2.75) is 38.1 Å². The Hall–Kier alpha value is -1.94. The van der Waals surface area contributed by atoms with E-state index in [2.05, 4.69) is 12.1 Å². The number of thiophene rings is 1. The van der Waals surface area contributed by atoms with Crippen LogP contribution in [0.4, 0.5) is 0 Å². The van der Waals surface area contributed by atoms with Crippen LogP contribution in [0.15, 0.2) is 47.8 Å². The summed E-state index contributed by atoms with van der Waals surface area (Å²) in [6.45, 7) is 0.823. The van der Waals surface area contributed by atoms with Gasteiger partial charge in [-0.2, -0.15) is 0 Å². The lowest BCUT2D eigenvalue weighted by Gasteiger charge is -2.25. The van der Waals surface area contributed by atoms with Crippen LogP contribution in [0.25, 0.3) is 0 Å². The van der Waals surface area contributed by atoms with Gasteiger partial charge < -0.3 is 4.90 Å². The number of carbonyl (C=O) groups is 2. The Morgan fingerprint density at radius 2 is 1.91 bits per heavy atom. The molecule has 2 heterocycles. The van der Waals surface area contributed by atoms with Crippen molar-refractivity contribution in [3.8, 4) is 0 Å². The van der Waals surface area contributed by atoms with E-state index in [4.69, 9.17) is 0 Å². The normalized spacial score (nSPS) is 17.4. The van der Waals surface area contributed by atoms with E-state index >= 15 is 0 Å². The summed E-state index contributed by atoms with van der Waals surface area (Å²) in [6.07, 6.45) is 3.66. The van der Waals surface area contributed by atoms with Crippen molar-refractivity contribution in [1.29, 1.82) is 0 Å². The van der Waals surface area contributed by atoms with Crippen LogP contribution in [0.3, 0.4) is 0 Å². The average molecular weight is 327 g/mol. The number of amides is 1. The maximum Gasteiger partial charge on any atom is 0.223 e. The molecule has 0 saturated carbocycles. The van der Waals surface area contributed by atoms with E-state index in [1.54, 1.807) is 0 Å². The molecule has 23 heavy (non-hydrogen) atoms. The van der Waals surface area contributed by atoms with E-state index in [0.29, 0.717) is 12.8 Å². The fourth-order valence-electron chi connectivity index (χ4n) is 3.19. The van der Waals surface area contributed by atoms with Crippen molar-refractivity contribution in [3.63, 3.8) is 0 Å². The lowest BCUT2D eigenvalue weighted by molar-refractivity contribution is -0.131. The van der Waals surface area contributed by atoms with Gasteiger partial charge in [0, 0.05) is 25.4 Å². The molecule has 1 aliphatic heterocycles. The summed E-state index contributed by atoms with van der Waals surface area (Å²) in [5.74, 6) is 0.195. The molecule has 1 atom stereocenters. The number of hydrogen-bond donors (Lipinski definition) is 0. The van der Waals surface area contributed by atoms with Crippen LogP contribution in [-0.2, 0) is 11.2 Å². The van der Waals surface area contributed by atoms with Gasteiger partial charge in [0.2, 0.25) is 5.91 Å². The average Bonchev–Trinajstić information content (AvgIpc) is 3.25. The van der Waals surface area contributed by atoms with Crippen molar-refractivity contribution < 1.29 is 9.59 Å². The molecule has 1 fully saturated rings. The smallest absolute Gasteiger partial charge is 0.223 e. The van der Waals surface area contributed by atoms with Crippen molar-refractivity contribution in [2.24, 2.45) is 0 Å². The van der Waals surface area contributed by atoms with Gasteiger partial charge in [-0.1, -0.05) is 36.4 Å². The third-order valence-corrected chi connectivity index (χ3v) is 5.28. The highest BCUT2D eigenvalue weighted by Crippen LogP contribution is 2.23. The monoisotopic (exact) mass is 327 g/mol. The first kappa shape index (κ1) is 15.9. The zero-order valence-corrected chi connectivity index (χ0v) is 13.9. The van der Waals surface area contributed by atoms with E-state index in [9.17, 15) is 9.59 Å². The first-order valence-electron chi connectivity index (χ1n) is 8.14. The van der Waals surface area contributed by atoms with Gasteiger partial charge in [-0.3, -0.25) is 9.59 Å². The predicted octanol–water partition coefficient (Wildman–Crippen LogP) is 3.94. The van der Waals surface area contributed by atoms with E-state index in [1.807, 2.05) is 40.6 Å². The van der Waals surface area contributed by atoms with Crippen LogP contribution in [0.1, 0.15) is 40.9 Å². The summed E-state index contributed by atoms with van der Waals surface area (Å²) in [5, 5.41) is 1.89. The summed E-state index contributed by atoms with van der Waals surface area (Å²) in [5.41, 5.74) is 1.27. The van der Waals surface area contributed by atoms with E-state index in [1.165, 1.54) is 16.9 Å². The molecule has 1 aromatic heterocycles. The van der Waals surface area contributed by atoms with Gasteiger partial charge in [-0.15, -0.1) is 11.3 Å². The Balaban J connectivity index is 1.54. The summed E-state index contributed by atoms with van der Waals surface area (Å²) in [6, 6.07) is 14.3. The number of carbonyl (C=O) groups excluding carboxylic acids is 2. The molecule has 0 spiro atoms. The van der Waals surface area contributed by atoms with Crippen LogP contribution in [-0.4, -0.2) is 29.2 Å². The number of benzene rings is 1. The van der Waals surface area contributed by atoms with Crippen LogP contribution in [0.5, 0.6) is 0 Å². The summed E-state index contributed by atoms with van der Waals surface area (Å²) in [4.78, 5) is 27.3. The number of likely N-dealkylation sites (tertiary alicyclic amines) is 1. The molecule has 1 aliphatic rings. The SMILES string of the molecule is O=C(CCC(=O)N1CCCC1Cc1ccccc1)c1cccs1. The number of ketones is 1. The second kappa shape index (κ2) is 7.55. The minimum absolute atomic E-state index is 0.0761. The topological polar surface area (TPSA) is 37.4 Å². The van der Waals surface area contributed by atoms with Crippen molar-refractivity contribution in [3.05, 3.63) is 58.3 Å². The van der Waals surface area contributed by atoms with Gasteiger partial charge in [0.25, 0.3) is 0 Å². The minimum Gasteiger partial charge on any atom is -0.339 e. The highest BCUT2D eigenvalue weighted by atomic mass is 32.1. The third kappa shape index (κ3) is 4.08. The van der Waals surface area contributed by atoms with E-state index in [-0.39, 0.29) is 17.7 Å². The number of nitrogens with zero attached hydrogens (tertiary/aromatic N) is 1. The predicted molar refractivity (Wildman–Crippen MR) is 92.8 cm³/mol. The molecular weight excluding hydrogens is 306 g/mol. The largest absolute Gasteiger partial charge is 0.339 e. The molecule has 1 aromatic carbocycles. The van der Waals surface area contributed by atoms with Crippen molar-refractivity contribution in [2.75, 3.05) is 6.54 Å². The number of Topliss-reactive ketones (excluding diaryl/α,β-unsaturated/α-hetero) is 1. The van der Waals surface area contributed by atoms with Gasteiger partial charge in [-0.05, 0) is 36.3 Å². The fraction of sp³-hybridized carbons (Fsp3) is 0.368. The van der Waals surface area contributed by atoms with Gasteiger partial charge in [0.15, 0.2) is 5.78 Å². The summed E-state index contributed by atoms with van der Waals surface area (Å²) >= 11 is 1.44. The Morgan fingerprint density at radius 1 is 1.09 bits per heavy atom. The minimum atomic E-state index is 0.0761. The first-order chi connectivity index (χ1) is 11.2. The van der Waals surface area contributed by atoms with Gasteiger partial charge >= 0.3 is 0 Å². The standard InChI is InChI=1S/C19H21NO2S/c21-17(18-9-5-13-23-18)10-11-19(22)20-12-4-8-16(20)14-15-6-2-1-3-7-15/h1-3,5-7,9,13,16H,4,8,10-12,14H2. The maximum atomic E-state index is 12.5. The second-order valence-electron chi connectivity index (χ2n) is 5.97. The second-order valence-corrected chi connectivity index (χ2v) is 6.92. The van der Waals surface area contributed by atoms with Gasteiger partial charge in [-0.25, -0.2) is 0 Å². The Bertz CT molecular complexity index is 651. The van der Waals surface area contributed by atoms with E-state index in [0.717, 1.165) is 30.7 Å². The molecule has 2 aromatic rings. The summed E-state index contributed by atoms with van der Waals surface area (Å²) < 4.78 is 0. The van der Waals surface area contributed by atoms with Gasteiger partial charge in [0.1, 0.15) is 0 Å². The van der Waals surface area contributed by atoms with E-state index < -0.39 is 0 Å². The molecule has 0 bridgehead atoms. The molecule has 0 radical (unpaired) electrons. The zero-order chi connectivity index (χ0) is 16.1. The molecule has 3 rings (SSSR count). The van der Waals surface area contributed by atoms with Crippen LogP contribution >= 0.6 is 11.3 Å². The zero-order valence-electron chi connectivity index (χ0n) is 13.1. The molecule has 3 nitrogen and oxygen atoms in total. The molecule has 0 N–H and O–H groups in total. The molecule has 1 amide bonds. The van der Waals surface area contributed by atoms with Crippen molar-refractivity contribution >= 4 is 23.0 Å². The highest BCUT2D eigenvalue weighted by molar-refractivity contribution is 7.12.